The summed E-state index contributed by atoms with van der Waals surface area (Å²) >= 11 is 0. The second kappa shape index (κ2) is 8.67. The Morgan fingerprint density at radius 1 is 1.18 bits per heavy atom. The number of hydrogen-bond acceptors (Lipinski definition) is 10. The van der Waals surface area contributed by atoms with E-state index in [1.54, 1.807) is 32.4 Å². The highest BCUT2D eigenvalue weighted by Gasteiger charge is 2.63. The number of phenolic OH excluding ortho intramolecular Hbond substituents is 1. The predicted molar refractivity (Wildman–Crippen MR) is 133 cm³/mol. The van der Waals surface area contributed by atoms with E-state index in [1.807, 2.05) is 0 Å². The molecular weight excluding hydrogens is 494 g/mol. The van der Waals surface area contributed by atoms with Gasteiger partial charge in [0.1, 0.15) is 28.6 Å². The largest absolute Gasteiger partial charge is 0.510 e. The van der Waals surface area contributed by atoms with Gasteiger partial charge in [-0.25, -0.2) is 0 Å². The average Bonchev–Trinajstić information content (AvgIpc) is 2.86. The van der Waals surface area contributed by atoms with Crippen LogP contribution in [0.3, 0.4) is 0 Å². The number of aromatic hydroxyl groups is 1. The van der Waals surface area contributed by atoms with Crippen molar-refractivity contribution in [1.29, 1.82) is 0 Å². The van der Waals surface area contributed by atoms with Crippen LogP contribution in [0, 0.1) is 11.8 Å². The normalized spacial score (nSPS) is 26.7. The highest BCUT2D eigenvalue weighted by atomic mass is 16.5. The minimum atomic E-state index is -2.67. The number of hydrogen-bond donors (Lipinski definition) is 5. The van der Waals surface area contributed by atoms with Gasteiger partial charge in [0.15, 0.2) is 11.4 Å². The van der Waals surface area contributed by atoms with Crippen molar-refractivity contribution in [2.24, 2.45) is 17.6 Å². The van der Waals surface area contributed by atoms with Crippen LogP contribution >= 0.6 is 0 Å². The topological polar surface area (TPSA) is 184 Å². The number of allylic oxidation sites excluding steroid dienone is 1. The molecule has 0 saturated heterocycles. The molecule has 1 aromatic carbocycles. The monoisotopic (exact) mass is 521 g/mol. The molecule has 0 saturated carbocycles. The number of pyridine rings is 1. The molecule has 6 N–H and O–H groups in total. The first kappa shape index (κ1) is 25.4. The second-order valence-corrected chi connectivity index (χ2v) is 10.1. The number of rotatable bonds is 4. The molecule has 4 atom stereocenters. The number of fused-ring (bicyclic) bond motifs is 3. The van der Waals surface area contributed by atoms with Crippen LogP contribution in [-0.2, 0) is 16.0 Å². The van der Waals surface area contributed by atoms with E-state index < -0.39 is 58.0 Å². The van der Waals surface area contributed by atoms with Crippen molar-refractivity contribution < 1.29 is 39.5 Å². The van der Waals surface area contributed by atoms with E-state index in [9.17, 15) is 34.8 Å². The molecule has 1 amide bonds. The van der Waals surface area contributed by atoms with E-state index in [0.29, 0.717) is 22.4 Å². The number of aliphatic hydroxyl groups excluding tert-OH is 2. The third kappa shape index (κ3) is 3.35. The van der Waals surface area contributed by atoms with Gasteiger partial charge in [-0.2, -0.15) is 0 Å². The molecule has 1 heterocycles. The van der Waals surface area contributed by atoms with Crippen molar-refractivity contribution in [2.45, 2.75) is 24.5 Å². The SMILES string of the molecule is COc1cncc(-c2ccc(O)c3c2C[C@H]2C[C@H]4C(N(C)C)C(O)=C(C(N)=O)C(=O)[C@@]4(O)C(O)=C2C3=O)c1. The Bertz CT molecular complexity index is 1480. The number of amides is 1. The number of carbonyl (C=O) groups is 3. The molecule has 1 aromatic heterocycles. The quantitative estimate of drug-likeness (QED) is 0.366. The maximum Gasteiger partial charge on any atom is 0.255 e. The fourth-order valence-corrected chi connectivity index (χ4v) is 6.20. The van der Waals surface area contributed by atoms with E-state index in [0.717, 1.165) is 0 Å². The van der Waals surface area contributed by atoms with Crippen molar-refractivity contribution in [2.75, 3.05) is 21.2 Å². The van der Waals surface area contributed by atoms with Gasteiger partial charge < -0.3 is 30.9 Å². The van der Waals surface area contributed by atoms with Gasteiger partial charge in [0.05, 0.1) is 24.9 Å². The summed E-state index contributed by atoms with van der Waals surface area (Å²) in [4.78, 5) is 44.9. The highest BCUT2D eigenvalue weighted by molar-refractivity contribution is 6.24. The van der Waals surface area contributed by atoms with Crippen LogP contribution in [0.4, 0.5) is 0 Å². The summed E-state index contributed by atoms with van der Waals surface area (Å²) in [6.45, 7) is 0. The summed E-state index contributed by atoms with van der Waals surface area (Å²) < 4.78 is 5.27. The Kier molecular flexibility index (Phi) is 5.80. The number of methoxy groups -OCH3 is 1. The van der Waals surface area contributed by atoms with Crippen LogP contribution in [-0.4, -0.2) is 80.6 Å². The number of aliphatic hydroxyl groups is 3. The molecule has 3 aliphatic rings. The molecular formula is C27H27N3O8. The van der Waals surface area contributed by atoms with Crippen LogP contribution in [0.15, 0.2) is 53.3 Å². The third-order valence-electron chi connectivity index (χ3n) is 7.87. The molecule has 0 fully saturated rings. The van der Waals surface area contributed by atoms with Gasteiger partial charge >= 0.3 is 0 Å². The number of likely N-dealkylation sites (N-methyl/N-ethyl adjacent to an activating group) is 1. The number of benzene rings is 1. The summed E-state index contributed by atoms with van der Waals surface area (Å²) in [6.07, 6.45) is 3.31. The van der Waals surface area contributed by atoms with Crippen molar-refractivity contribution in [3.05, 3.63) is 64.4 Å². The zero-order valence-corrected chi connectivity index (χ0v) is 20.9. The molecule has 3 aliphatic carbocycles. The zero-order chi connectivity index (χ0) is 27.7. The van der Waals surface area contributed by atoms with Gasteiger partial charge in [0.2, 0.25) is 5.78 Å². The molecule has 2 aromatic rings. The van der Waals surface area contributed by atoms with Crippen LogP contribution in [0.2, 0.25) is 0 Å². The molecule has 1 unspecified atom stereocenters. The Labute approximate surface area is 217 Å². The lowest BCUT2D eigenvalue weighted by Gasteiger charge is -2.50. The minimum absolute atomic E-state index is 0.0111. The van der Waals surface area contributed by atoms with E-state index in [-0.39, 0.29) is 29.7 Å². The number of primary amides is 1. The summed E-state index contributed by atoms with van der Waals surface area (Å²) in [5, 5.41) is 44.6. The molecule has 0 aliphatic heterocycles. The smallest absolute Gasteiger partial charge is 0.255 e. The number of carbonyl (C=O) groups excluding carboxylic acids is 3. The van der Waals surface area contributed by atoms with Gasteiger partial charge in [-0.1, -0.05) is 6.07 Å². The van der Waals surface area contributed by atoms with E-state index in [4.69, 9.17) is 10.5 Å². The second-order valence-electron chi connectivity index (χ2n) is 10.1. The zero-order valence-electron chi connectivity index (χ0n) is 20.9. The number of aromatic nitrogens is 1. The Hall–Kier alpha value is -4.22. The van der Waals surface area contributed by atoms with Crippen molar-refractivity contribution >= 4 is 17.5 Å². The first-order valence-corrected chi connectivity index (χ1v) is 11.9. The van der Waals surface area contributed by atoms with Crippen LogP contribution in [0.25, 0.3) is 11.1 Å². The number of ketones is 2. The van der Waals surface area contributed by atoms with Crippen LogP contribution < -0.4 is 10.5 Å². The fourth-order valence-electron chi connectivity index (χ4n) is 6.20. The maximum absolute atomic E-state index is 13.8. The third-order valence-corrected chi connectivity index (χ3v) is 7.87. The first-order valence-electron chi connectivity index (χ1n) is 11.9. The van der Waals surface area contributed by atoms with E-state index >= 15 is 0 Å². The molecule has 0 bridgehead atoms. The summed E-state index contributed by atoms with van der Waals surface area (Å²) in [7, 11) is 4.66. The van der Waals surface area contributed by atoms with Crippen molar-refractivity contribution in [3.8, 4) is 22.6 Å². The summed E-state index contributed by atoms with van der Waals surface area (Å²) in [6, 6.07) is 3.70. The van der Waals surface area contributed by atoms with Gasteiger partial charge in [-0.15, -0.1) is 0 Å². The number of Topliss-reactive ketones (excluding diaryl/α,β-unsaturated/α-hetero) is 2. The molecule has 11 heteroatoms. The van der Waals surface area contributed by atoms with Crippen LogP contribution in [0.1, 0.15) is 22.3 Å². The highest BCUT2D eigenvalue weighted by Crippen LogP contribution is 2.53. The summed E-state index contributed by atoms with van der Waals surface area (Å²) in [5.74, 6) is -6.37. The molecule has 11 nitrogen and oxygen atoms in total. The van der Waals surface area contributed by atoms with Gasteiger partial charge in [-0.3, -0.25) is 24.3 Å². The Balaban J connectivity index is 1.72. The lowest BCUT2D eigenvalue weighted by Crippen LogP contribution is -2.63. The predicted octanol–water partition coefficient (Wildman–Crippen LogP) is 1.19. The first-order chi connectivity index (χ1) is 17.9. The van der Waals surface area contributed by atoms with Gasteiger partial charge in [0, 0.05) is 23.3 Å². The molecule has 5 rings (SSSR count). The van der Waals surface area contributed by atoms with Crippen molar-refractivity contribution in [3.63, 3.8) is 0 Å². The molecule has 198 valence electrons. The standard InChI is InChI=1S/C27H27N3O8/c1-30(2)21-16-8-11-7-15-14(12-6-13(38-3)10-29-9-12)4-5-17(31)19(15)22(32)18(11)24(34)27(16,37)25(35)20(23(21)33)26(28)36/h4-6,9-11,16,21,31,33-34,37H,7-8H2,1-3H3,(H2,28,36)/t11-,16-,21?,27-/m0/s1. The average molecular weight is 522 g/mol. The number of nitrogens with two attached hydrogens (primary N) is 1. The molecule has 0 radical (unpaired) electrons. The Morgan fingerprint density at radius 3 is 2.53 bits per heavy atom. The van der Waals surface area contributed by atoms with E-state index in [2.05, 4.69) is 4.98 Å². The number of phenols is 1. The minimum Gasteiger partial charge on any atom is -0.510 e. The lowest BCUT2D eigenvalue weighted by molar-refractivity contribution is -0.148. The van der Waals surface area contributed by atoms with Crippen molar-refractivity contribution in [1.82, 2.24) is 9.88 Å². The number of nitrogens with zero attached hydrogens (tertiary/aromatic N) is 2. The van der Waals surface area contributed by atoms with Gasteiger partial charge in [0.25, 0.3) is 5.91 Å². The molecule has 38 heavy (non-hydrogen) atoms. The Morgan fingerprint density at radius 2 is 1.89 bits per heavy atom. The maximum atomic E-state index is 13.8. The lowest BCUT2D eigenvalue weighted by atomic mass is 9.58. The van der Waals surface area contributed by atoms with Gasteiger partial charge in [-0.05, 0) is 56.1 Å². The molecule has 0 spiro atoms. The fraction of sp³-hybridized carbons (Fsp3) is 0.333. The van der Waals surface area contributed by atoms with Crippen LogP contribution in [0.5, 0.6) is 11.5 Å². The summed E-state index contributed by atoms with van der Waals surface area (Å²) in [5.41, 5.74) is 3.35. The number of ether oxygens (including phenoxy) is 1. The van der Waals surface area contributed by atoms with E-state index in [1.165, 1.54) is 24.3 Å².